The van der Waals surface area contributed by atoms with Crippen LogP contribution in [0.25, 0.3) is 11.3 Å². The second-order valence-electron chi connectivity index (χ2n) is 11.5. The number of hydrogen-bond donors (Lipinski definition) is 1. The largest absolute Gasteiger partial charge is 0.491 e. The van der Waals surface area contributed by atoms with E-state index in [2.05, 4.69) is 46.9 Å². The molecule has 41 heavy (non-hydrogen) atoms. The summed E-state index contributed by atoms with van der Waals surface area (Å²) in [6.45, 7) is 12.9. The molecule has 3 aliphatic heterocycles. The molecule has 2 fully saturated rings. The van der Waals surface area contributed by atoms with Crippen LogP contribution in [-0.4, -0.2) is 88.6 Å². The van der Waals surface area contributed by atoms with Gasteiger partial charge in [0, 0.05) is 51.8 Å². The van der Waals surface area contributed by atoms with Gasteiger partial charge in [0.15, 0.2) is 0 Å². The molecule has 2 saturated heterocycles. The minimum atomic E-state index is -0.564. The summed E-state index contributed by atoms with van der Waals surface area (Å²) >= 11 is 0. The normalized spacial score (nSPS) is 22.7. The molecule has 1 aromatic carbocycles. The highest BCUT2D eigenvalue weighted by Gasteiger charge is 2.46. The predicted octanol–water partition coefficient (Wildman–Crippen LogP) is 3.56. The first-order valence-electron chi connectivity index (χ1n) is 14.6. The minimum Gasteiger partial charge on any atom is -0.491 e. The Morgan fingerprint density at radius 1 is 1.17 bits per heavy atom. The van der Waals surface area contributed by atoms with E-state index in [0.29, 0.717) is 32.2 Å². The molecule has 5 rings (SSSR count). The first kappa shape index (κ1) is 29.0. The summed E-state index contributed by atoms with van der Waals surface area (Å²) in [7, 11) is 3.47. The number of piperidine rings is 1. The molecular formula is C31H43N7O3. The standard InChI is InChI=1S/C31H43N7O3/c1-22-9-10-23(2)29(33-24(3)19-22)37-14-11-31(12-15-37)30(39)38(16-13-32-31)21-27-28(35-36(4)34-27)25-7-6-8-26(20-25)41-18-17-40-5/h6-8,19-20,23,32H,3,9-18,21H2,1-2,4-5H3/b22-19-,33-29?. The quantitative estimate of drug-likeness (QED) is 0.517. The lowest BCUT2D eigenvalue weighted by Crippen LogP contribution is -2.67. The van der Waals surface area contributed by atoms with E-state index in [1.54, 1.807) is 11.9 Å². The van der Waals surface area contributed by atoms with Crippen molar-refractivity contribution in [2.45, 2.75) is 51.6 Å². The van der Waals surface area contributed by atoms with E-state index in [1.165, 1.54) is 5.57 Å². The van der Waals surface area contributed by atoms with E-state index >= 15 is 0 Å². The summed E-state index contributed by atoms with van der Waals surface area (Å²) in [4.78, 5) is 24.8. The van der Waals surface area contributed by atoms with Gasteiger partial charge in [0.2, 0.25) is 5.91 Å². The minimum absolute atomic E-state index is 0.146. The number of benzene rings is 1. The van der Waals surface area contributed by atoms with Crippen LogP contribution in [0.5, 0.6) is 5.75 Å². The van der Waals surface area contributed by atoms with Gasteiger partial charge < -0.3 is 24.6 Å². The summed E-state index contributed by atoms with van der Waals surface area (Å²) in [5.41, 5.74) is 4.03. The van der Waals surface area contributed by atoms with Crippen molar-refractivity contribution >= 4 is 11.7 Å². The Hall–Kier alpha value is -3.50. The SMILES string of the molecule is C=C1/C=C(/C)CCC(C)C(N2CCC3(CC2)NCCN(Cc2nn(C)nc2-c2cccc(OCCOC)c2)C3=O)=N1. The molecule has 3 aliphatic rings. The van der Waals surface area contributed by atoms with Crippen LogP contribution in [0.4, 0.5) is 0 Å². The van der Waals surface area contributed by atoms with Gasteiger partial charge in [-0.2, -0.15) is 15.0 Å². The molecule has 1 aromatic heterocycles. The fraction of sp³-hybridized carbons (Fsp3) is 0.548. The number of carbonyl (C=O) groups is 1. The smallest absolute Gasteiger partial charge is 0.243 e. The van der Waals surface area contributed by atoms with Crippen molar-refractivity contribution in [3.63, 3.8) is 0 Å². The van der Waals surface area contributed by atoms with Gasteiger partial charge in [-0.15, -0.1) is 0 Å². The molecule has 1 amide bonds. The Morgan fingerprint density at radius 3 is 2.76 bits per heavy atom. The van der Waals surface area contributed by atoms with E-state index in [1.807, 2.05) is 36.2 Å². The highest BCUT2D eigenvalue weighted by atomic mass is 16.5. The average molecular weight is 562 g/mol. The number of amides is 1. The summed E-state index contributed by atoms with van der Waals surface area (Å²) in [6, 6.07) is 7.83. The van der Waals surface area contributed by atoms with Crippen molar-refractivity contribution in [3.8, 4) is 17.0 Å². The van der Waals surface area contributed by atoms with Crippen molar-refractivity contribution < 1.29 is 14.3 Å². The molecule has 1 N–H and O–H groups in total. The number of ether oxygens (including phenoxy) is 2. The van der Waals surface area contributed by atoms with Crippen LogP contribution in [0.1, 0.15) is 45.2 Å². The van der Waals surface area contributed by atoms with Crippen LogP contribution in [0.3, 0.4) is 0 Å². The second kappa shape index (κ2) is 12.6. The zero-order valence-corrected chi connectivity index (χ0v) is 24.9. The van der Waals surface area contributed by atoms with Crippen LogP contribution in [-0.2, 0) is 23.1 Å². The van der Waals surface area contributed by atoms with Gasteiger partial charge in [-0.3, -0.25) is 4.79 Å². The number of methoxy groups -OCH3 is 1. The van der Waals surface area contributed by atoms with E-state index in [0.717, 1.165) is 79.6 Å². The molecule has 220 valence electrons. The molecule has 4 heterocycles. The number of piperazine rings is 1. The lowest BCUT2D eigenvalue weighted by Gasteiger charge is -2.48. The first-order valence-corrected chi connectivity index (χ1v) is 14.6. The zero-order chi connectivity index (χ0) is 29.0. The van der Waals surface area contributed by atoms with Gasteiger partial charge in [0.25, 0.3) is 0 Å². The van der Waals surface area contributed by atoms with E-state index in [4.69, 9.17) is 14.5 Å². The lowest BCUT2D eigenvalue weighted by atomic mass is 9.83. The molecule has 10 nitrogen and oxygen atoms in total. The molecular weight excluding hydrogens is 518 g/mol. The molecule has 1 unspecified atom stereocenters. The van der Waals surface area contributed by atoms with Gasteiger partial charge >= 0.3 is 0 Å². The number of aryl methyl sites for hydroxylation is 1. The molecule has 1 spiro atoms. The van der Waals surface area contributed by atoms with Gasteiger partial charge in [-0.1, -0.05) is 31.2 Å². The van der Waals surface area contributed by atoms with Crippen LogP contribution in [0.15, 0.2) is 53.2 Å². The summed E-state index contributed by atoms with van der Waals surface area (Å²) in [6.07, 6.45) is 5.70. The highest BCUT2D eigenvalue weighted by molar-refractivity contribution is 5.89. The Kier molecular flexibility index (Phi) is 8.89. The molecule has 0 bridgehead atoms. The number of rotatable bonds is 7. The highest BCUT2D eigenvalue weighted by Crippen LogP contribution is 2.32. The van der Waals surface area contributed by atoms with Crippen LogP contribution < -0.4 is 10.1 Å². The van der Waals surface area contributed by atoms with Crippen molar-refractivity contribution in [1.82, 2.24) is 30.1 Å². The monoisotopic (exact) mass is 561 g/mol. The zero-order valence-electron chi connectivity index (χ0n) is 24.9. The molecule has 1 atom stereocenters. The number of carbonyl (C=O) groups excluding carboxylic acids is 1. The Balaban J connectivity index is 1.28. The molecule has 0 saturated carbocycles. The van der Waals surface area contributed by atoms with Crippen LogP contribution >= 0.6 is 0 Å². The maximum atomic E-state index is 14.0. The van der Waals surface area contributed by atoms with E-state index < -0.39 is 5.54 Å². The molecule has 0 radical (unpaired) electrons. The van der Waals surface area contributed by atoms with Gasteiger partial charge in [0.05, 0.1) is 18.8 Å². The van der Waals surface area contributed by atoms with Gasteiger partial charge in [-0.05, 0) is 50.8 Å². The number of likely N-dealkylation sites (tertiary alicyclic amines) is 1. The maximum Gasteiger partial charge on any atom is 0.243 e. The van der Waals surface area contributed by atoms with E-state index in [9.17, 15) is 4.79 Å². The Bertz CT molecular complexity index is 1320. The van der Waals surface area contributed by atoms with Crippen molar-refractivity contribution in [2.24, 2.45) is 18.0 Å². The first-order chi connectivity index (χ1) is 19.8. The average Bonchev–Trinajstić information content (AvgIpc) is 3.33. The van der Waals surface area contributed by atoms with E-state index in [-0.39, 0.29) is 5.91 Å². The number of nitrogens with one attached hydrogen (secondary N) is 1. The number of amidine groups is 1. The van der Waals surface area contributed by atoms with Crippen molar-refractivity contribution in [3.05, 3.63) is 53.9 Å². The van der Waals surface area contributed by atoms with Crippen LogP contribution in [0.2, 0.25) is 0 Å². The topological polar surface area (TPSA) is 97.1 Å². The summed E-state index contributed by atoms with van der Waals surface area (Å²) in [5, 5.41) is 12.9. The third kappa shape index (κ3) is 6.54. The Morgan fingerprint density at radius 2 is 1.98 bits per heavy atom. The molecule has 2 aromatic rings. The van der Waals surface area contributed by atoms with Gasteiger partial charge in [-0.25, -0.2) is 4.99 Å². The third-order valence-electron chi connectivity index (χ3n) is 8.35. The van der Waals surface area contributed by atoms with Crippen LogP contribution in [0, 0.1) is 5.92 Å². The fourth-order valence-corrected chi connectivity index (χ4v) is 6.11. The molecule has 10 heteroatoms. The predicted molar refractivity (Wildman–Crippen MR) is 159 cm³/mol. The summed E-state index contributed by atoms with van der Waals surface area (Å²) in [5.74, 6) is 2.35. The Labute approximate surface area is 243 Å². The third-order valence-corrected chi connectivity index (χ3v) is 8.35. The number of aromatic nitrogens is 3. The summed E-state index contributed by atoms with van der Waals surface area (Å²) < 4.78 is 10.9. The van der Waals surface area contributed by atoms with Crippen molar-refractivity contribution in [2.75, 3.05) is 46.5 Å². The maximum absolute atomic E-state index is 14.0. The molecule has 0 aliphatic carbocycles. The lowest BCUT2D eigenvalue weighted by molar-refractivity contribution is -0.144. The van der Waals surface area contributed by atoms with Crippen molar-refractivity contribution in [1.29, 1.82) is 0 Å². The van der Waals surface area contributed by atoms with Gasteiger partial charge in [0.1, 0.15) is 35.1 Å². The fourth-order valence-electron chi connectivity index (χ4n) is 6.11. The number of allylic oxidation sites excluding steroid dienone is 2. The number of aliphatic imine (C=N–C) groups is 1. The second-order valence-corrected chi connectivity index (χ2v) is 11.5. The number of nitrogens with zero attached hydrogens (tertiary/aromatic N) is 6. The number of hydrogen-bond acceptors (Lipinski definition) is 8.